The van der Waals surface area contributed by atoms with Crippen LogP contribution in [0.5, 0.6) is 0 Å². The first kappa shape index (κ1) is 11.0. The second kappa shape index (κ2) is 4.54. The van der Waals surface area contributed by atoms with Crippen LogP contribution < -0.4 is 11.1 Å². The minimum absolute atomic E-state index is 0.406. The van der Waals surface area contributed by atoms with Crippen LogP contribution in [0.15, 0.2) is 22.7 Å². The molecule has 0 heterocycles. The van der Waals surface area contributed by atoms with Crippen LogP contribution >= 0.6 is 15.9 Å². The molecule has 0 radical (unpaired) electrons. The highest BCUT2D eigenvalue weighted by atomic mass is 79.9. The third-order valence-corrected chi connectivity index (χ3v) is 3.48. The highest BCUT2D eigenvalue weighted by molar-refractivity contribution is 9.10. The number of hydrogen-bond acceptors (Lipinski definition) is 2. The van der Waals surface area contributed by atoms with Crippen molar-refractivity contribution in [3.8, 4) is 0 Å². The maximum atomic E-state index is 5.77. The molecule has 1 aromatic carbocycles. The summed E-state index contributed by atoms with van der Waals surface area (Å²) in [5.41, 5.74) is 8.40. The topological polar surface area (TPSA) is 38.0 Å². The summed E-state index contributed by atoms with van der Waals surface area (Å²) in [7, 11) is 0. The molecule has 0 spiro atoms. The highest BCUT2D eigenvalue weighted by Crippen LogP contribution is 2.27. The molecule has 0 saturated heterocycles. The summed E-state index contributed by atoms with van der Waals surface area (Å²) in [5, 5.41) is 3.55. The lowest BCUT2D eigenvalue weighted by molar-refractivity contribution is 0.373. The van der Waals surface area contributed by atoms with E-state index in [1.54, 1.807) is 0 Å². The number of nitrogens with one attached hydrogen (secondary N) is 1. The van der Waals surface area contributed by atoms with Gasteiger partial charge in [-0.15, -0.1) is 0 Å². The summed E-state index contributed by atoms with van der Waals surface area (Å²) in [6.45, 7) is 2.18. The average molecular weight is 269 g/mol. The van der Waals surface area contributed by atoms with Gasteiger partial charge >= 0.3 is 0 Å². The van der Waals surface area contributed by atoms with E-state index in [0.29, 0.717) is 12.1 Å². The van der Waals surface area contributed by atoms with Crippen LogP contribution in [0.4, 0.5) is 5.69 Å². The van der Waals surface area contributed by atoms with Gasteiger partial charge in [-0.05, 0) is 43.0 Å². The molecule has 82 valence electrons. The largest absolute Gasteiger partial charge is 0.382 e. The molecule has 1 aliphatic rings. The maximum absolute atomic E-state index is 5.77. The molecule has 2 rings (SSSR count). The number of anilines is 1. The first-order valence-corrected chi connectivity index (χ1v) is 6.29. The normalized spacial score (nSPS) is 24.7. The Labute approximate surface area is 99.4 Å². The minimum atomic E-state index is 0.406. The first-order chi connectivity index (χ1) is 7.19. The fourth-order valence-corrected chi connectivity index (χ4v) is 2.40. The highest BCUT2D eigenvalue weighted by Gasteiger charge is 2.25. The zero-order chi connectivity index (χ0) is 10.8. The second-order valence-electron chi connectivity index (χ2n) is 4.23. The number of aryl methyl sites for hydroxylation is 1. The van der Waals surface area contributed by atoms with E-state index in [0.717, 1.165) is 23.7 Å². The number of rotatable bonds is 3. The summed E-state index contributed by atoms with van der Waals surface area (Å²) in [6, 6.07) is 7.39. The minimum Gasteiger partial charge on any atom is -0.382 e. The van der Waals surface area contributed by atoms with Crippen LogP contribution in [0.25, 0.3) is 0 Å². The van der Waals surface area contributed by atoms with Gasteiger partial charge in [-0.25, -0.2) is 0 Å². The van der Waals surface area contributed by atoms with E-state index in [4.69, 9.17) is 5.73 Å². The lowest BCUT2D eigenvalue weighted by Gasteiger charge is -2.34. The molecule has 0 aliphatic heterocycles. The van der Waals surface area contributed by atoms with E-state index in [9.17, 15) is 0 Å². The Kier molecular flexibility index (Phi) is 3.32. The molecule has 1 aromatic rings. The molecule has 0 unspecified atom stereocenters. The predicted molar refractivity (Wildman–Crippen MR) is 68.1 cm³/mol. The van der Waals surface area contributed by atoms with Gasteiger partial charge in [0.15, 0.2) is 0 Å². The van der Waals surface area contributed by atoms with Gasteiger partial charge in [0, 0.05) is 22.2 Å². The molecule has 1 aliphatic carbocycles. The van der Waals surface area contributed by atoms with E-state index < -0.39 is 0 Å². The molecule has 0 atom stereocenters. The molecule has 0 aromatic heterocycles. The fraction of sp³-hybridized carbons (Fsp3) is 0.500. The van der Waals surface area contributed by atoms with Crippen molar-refractivity contribution in [2.75, 3.05) is 5.32 Å². The van der Waals surface area contributed by atoms with Crippen LogP contribution in [0, 0.1) is 0 Å². The van der Waals surface area contributed by atoms with Gasteiger partial charge in [-0.2, -0.15) is 0 Å². The Hall–Kier alpha value is -0.540. The summed E-state index contributed by atoms with van der Waals surface area (Å²) >= 11 is 3.50. The molecule has 0 amide bonds. The van der Waals surface area contributed by atoms with Gasteiger partial charge in [0.2, 0.25) is 0 Å². The first-order valence-electron chi connectivity index (χ1n) is 5.49. The molecule has 15 heavy (non-hydrogen) atoms. The summed E-state index contributed by atoms with van der Waals surface area (Å²) < 4.78 is 1.15. The predicted octanol–water partition coefficient (Wildman–Crippen LogP) is 2.91. The Bertz CT molecular complexity index is 345. The van der Waals surface area contributed by atoms with Crippen LogP contribution in [-0.4, -0.2) is 12.1 Å². The Morgan fingerprint density at radius 3 is 2.80 bits per heavy atom. The number of hydrogen-bond donors (Lipinski definition) is 2. The summed E-state index contributed by atoms with van der Waals surface area (Å²) in [4.78, 5) is 0. The molecular formula is C12H17BrN2. The van der Waals surface area contributed by atoms with Gasteiger partial charge in [0.05, 0.1) is 0 Å². The van der Waals surface area contributed by atoms with Crippen molar-refractivity contribution in [1.29, 1.82) is 0 Å². The SMILES string of the molecule is CCc1cc(Br)ccc1NC1CC(N)C1. The molecule has 1 saturated carbocycles. The molecule has 1 fully saturated rings. The zero-order valence-electron chi connectivity index (χ0n) is 8.96. The van der Waals surface area contributed by atoms with Crippen molar-refractivity contribution in [2.24, 2.45) is 5.73 Å². The van der Waals surface area contributed by atoms with Crippen molar-refractivity contribution in [3.05, 3.63) is 28.2 Å². The standard InChI is InChI=1S/C12H17BrN2/c1-2-8-5-9(13)3-4-12(8)15-11-6-10(14)7-11/h3-5,10-11,15H,2,6-7,14H2,1H3. The Morgan fingerprint density at radius 2 is 2.20 bits per heavy atom. The van der Waals surface area contributed by atoms with Gasteiger partial charge in [-0.1, -0.05) is 22.9 Å². The average Bonchev–Trinajstić information content (AvgIpc) is 2.18. The number of halogens is 1. The van der Waals surface area contributed by atoms with E-state index >= 15 is 0 Å². The van der Waals surface area contributed by atoms with Gasteiger partial charge in [0.1, 0.15) is 0 Å². The van der Waals surface area contributed by atoms with E-state index in [2.05, 4.69) is 46.4 Å². The number of benzene rings is 1. The van der Waals surface area contributed by atoms with E-state index in [1.807, 2.05) is 0 Å². The van der Waals surface area contributed by atoms with Crippen molar-refractivity contribution >= 4 is 21.6 Å². The molecule has 2 nitrogen and oxygen atoms in total. The summed E-state index contributed by atoms with van der Waals surface area (Å²) in [5.74, 6) is 0. The third kappa shape index (κ3) is 2.52. The monoisotopic (exact) mass is 268 g/mol. The van der Waals surface area contributed by atoms with Crippen molar-refractivity contribution in [2.45, 2.75) is 38.3 Å². The Morgan fingerprint density at radius 1 is 1.47 bits per heavy atom. The van der Waals surface area contributed by atoms with Crippen LogP contribution in [0.3, 0.4) is 0 Å². The quantitative estimate of drug-likeness (QED) is 0.885. The second-order valence-corrected chi connectivity index (χ2v) is 5.14. The zero-order valence-corrected chi connectivity index (χ0v) is 10.5. The van der Waals surface area contributed by atoms with Gasteiger partial charge in [0.25, 0.3) is 0 Å². The lowest BCUT2D eigenvalue weighted by Crippen LogP contribution is -2.44. The van der Waals surface area contributed by atoms with Crippen LogP contribution in [-0.2, 0) is 6.42 Å². The molecule has 0 bridgehead atoms. The van der Waals surface area contributed by atoms with E-state index in [1.165, 1.54) is 11.3 Å². The van der Waals surface area contributed by atoms with Crippen LogP contribution in [0.1, 0.15) is 25.3 Å². The van der Waals surface area contributed by atoms with Crippen molar-refractivity contribution in [1.82, 2.24) is 0 Å². The molecule has 3 heteroatoms. The van der Waals surface area contributed by atoms with Gasteiger partial charge in [-0.3, -0.25) is 0 Å². The van der Waals surface area contributed by atoms with Crippen molar-refractivity contribution in [3.63, 3.8) is 0 Å². The maximum Gasteiger partial charge on any atom is 0.0375 e. The lowest BCUT2D eigenvalue weighted by atomic mass is 9.87. The third-order valence-electron chi connectivity index (χ3n) is 2.98. The Balaban J connectivity index is 2.07. The smallest absolute Gasteiger partial charge is 0.0375 e. The molecule has 3 N–H and O–H groups in total. The van der Waals surface area contributed by atoms with Crippen LogP contribution in [0.2, 0.25) is 0 Å². The summed E-state index contributed by atoms with van der Waals surface area (Å²) in [6.07, 6.45) is 3.25. The van der Waals surface area contributed by atoms with Crippen molar-refractivity contribution < 1.29 is 0 Å². The number of nitrogens with two attached hydrogens (primary N) is 1. The molecular weight excluding hydrogens is 252 g/mol. The fourth-order valence-electron chi connectivity index (χ4n) is 2.00. The van der Waals surface area contributed by atoms with E-state index in [-0.39, 0.29) is 0 Å². The van der Waals surface area contributed by atoms with Gasteiger partial charge < -0.3 is 11.1 Å².